The summed E-state index contributed by atoms with van der Waals surface area (Å²) in [5.74, 6) is 0. The summed E-state index contributed by atoms with van der Waals surface area (Å²) in [7, 11) is 0. The number of aromatic nitrogens is 2. The predicted molar refractivity (Wildman–Crippen MR) is 189 cm³/mol. The topological polar surface area (TPSA) is 17.8 Å². The molecule has 10 rings (SSSR count). The molecule has 2 aromatic heterocycles. The largest absolute Gasteiger partial charge is 0.309 e. The molecule has 1 aliphatic rings. The van der Waals surface area contributed by atoms with Gasteiger partial charge in [0.2, 0.25) is 0 Å². The van der Waals surface area contributed by atoms with Crippen molar-refractivity contribution in [1.29, 1.82) is 0 Å². The van der Waals surface area contributed by atoms with Gasteiger partial charge in [-0.15, -0.1) is 0 Å². The lowest BCUT2D eigenvalue weighted by atomic mass is 9.92. The second-order valence-electron chi connectivity index (χ2n) is 12.0. The lowest BCUT2D eigenvalue weighted by Gasteiger charge is -2.12. The van der Waals surface area contributed by atoms with E-state index in [2.05, 4.69) is 156 Å². The third kappa shape index (κ3) is 3.48. The second-order valence-corrected chi connectivity index (χ2v) is 12.0. The van der Waals surface area contributed by atoms with Crippen LogP contribution in [0.3, 0.4) is 0 Å². The number of para-hydroxylation sites is 2. The summed E-state index contributed by atoms with van der Waals surface area (Å²) in [5.41, 5.74) is 14.7. The van der Waals surface area contributed by atoms with Crippen LogP contribution in [0.15, 0.2) is 158 Å². The second kappa shape index (κ2) is 9.25. The summed E-state index contributed by atoms with van der Waals surface area (Å²) in [6.07, 6.45) is 2.05. The standard InChI is InChI=1S/C43H26N2/c1-2-12-30(13-3-1)45-41-23-20-28(25-38(41)39-26-44-40-19-7-6-16-37(40)43(39)45)27-10-8-11-29(24-27)31-21-22-36-33-15-5-4-14-32(33)35-18-9-17-34(31)42(35)36/h1-26H. The van der Waals surface area contributed by atoms with E-state index in [0.29, 0.717) is 0 Å². The van der Waals surface area contributed by atoms with Gasteiger partial charge in [0.15, 0.2) is 0 Å². The molecule has 2 nitrogen and oxygen atoms in total. The van der Waals surface area contributed by atoms with E-state index in [1.54, 1.807) is 0 Å². The normalized spacial score (nSPS) is 12.0. The minimum Gasteiger partial charge on any atom is -0.309 e. The van der Waals surface area contributed by atoms with Crippen LogP contribution in [0.25, 0.3) is 93.7 Å². The zero-order chi connectivity index (χ0) is 29.5. The molecule has 0 atom stereocenters. The predicted octanol–water partition coefficient (Wildman–Crippen LogP) is 11.5. The summed E-state index contributed by atoms with van der Waals surface area (Å²) < 4.78 is 2.39. The highest BCUT2D eigenvalue weighted by Gasteiger charge is 2.22. The van der Waals surface area contributed by atoms with Gasteiger partial charge in [0.1, 0.15) is 0 Å². The Morgan fingerprint density at radius 2 is 1.07 bits per heavy atom. The quantitative estimate of drug-likeness (QED) is 0.207. The highest BCUT2D eigenvalue weighted by Crippen LogP contribution is 2.49. The van der Waals surface area contributed by atoms with Crippen LogP contribution >= 0.6 is 0 Å². The van der Waals surface area contributed by atoms with Crippen LogP contribution in [0, 0.1) is 0 Å². The molecule has 0 radical (unpaired) electrons. The van der Waals surface area contributed by atoms with E-state index in [0.717, 1.165) is 22.0 Å². The Morgan fingerprint density at radius 3 is 1.96 bits per heavy atom. The molecular weight excluding hydrogens is 544 g/mol. The first kappa shape index (κ1) is 24.5. The van der Waals surface area contributed by atoms with Gasteiger partial charge in [0, 0.05) is 28.0 Å². The van der Waals surface area contributed by atoms with Gasteiger partial charge in [-0.25, -0.2) is 0 Å². The number of benzene rings is 7. The molecule has 208 valence electrons. The Morgan fingerprint density at radius 1 is 0.400 bits per heavy atom. The minimum absolute atomic E-state index is 1.01. The van der Waals surface area contributed by atoms with Crippen LogP contribution in [-0.2, 0) is 0 Å². The van der Waals surface area contributed by atoms with Crippen LogP contribution in [0.1, 0.15) is 0 Å². The molecule has 0 N–H and O–H groups in total. The molecule has 2 heteroatoms. The SMILES string of the molecule is c1ccc(-n2c3ccc(-c4cccc(-c5ccc6c7c(cccc57)-c5ccccc5-6)c4)cc3c3cnc4ccccc4c32)cc1. The highest BCUT2D eigenvalue weighted by atomic mass is 15.0. The molecule has 0 saturated carbocycles. The van der Waals surface area contributed by atoms with Gasteiger partial charge in [0.05, 0.1) is 16.6 Å². The van der Waals surface area contributed by atoms with Crippen LogP contribution in [0.2, 0.25) is 0 Å². The molecule has 0 bridgehead atoms. The highest BCUT2D eigenvalue weighted by molar-refractivity contribution is 6.19. The molecule has 2 heterocycles. The molecule has 0 fully saturated rings. The third-order valence-electron chi connectivity index (χ3n) is 9.57. The Kier molecular flexibility index (Phi) is 5.03. The van der Waals surface area contributed by atoms with Crippen LogP contribution in [0.4, 0.5) is 0 Å². The van der Waals surface area contributed by atoms with E-state index in [1.807, 2.05) is 6.20 Å². The Labute approximate surface area is 260 Å². The number of hydrogen-bond acceptors (Lipinski definition) is 1. The van der Waals surface area contributed by atoms with Crippen molar-refractivity contribution in [1.82, 2.24) is 9.55 Å². The molecule has 45 heavy (non-hydrogen) atoms. The van der Waals surface area contributed by atoms with Crippen LogP contribution in [-0.4, -0.2) is 9.55 Å². The van der Waals surface area contributed by atoms with Crippen molar-refractivity contribution in [2.24, 2.45) is 0 Å². The first-order chi connectivity index (χ1) is 22.3. The minimum atomic E-state index is 1.01. The fraction of sp³-hybridized carbons (Fsp3) is 0. The van der Waals surface area contributed by atoms with Crippen molar-refractivity contribution < 1.29 is 0 Å². The Hall–Kier alpha value is -5.99. The number of hydrogen-bond donors (Lipinski definition) is 0. The molecule has 0 saturated heterocycles. The van der Waals surface area contributed by atoms with E-state index in [-0.39, 0.29) is 0 Å². The number of nitrogens with zero attached hydrogens (tertiary/aromatic N) is 2. The Balaban J connectivity index is 1.17. The van der Waals surface area contributed by atoms with Crippen molar-refractivity contribution in [2.75, 3.05) is 0 Å². The van der Waals surface area contributed by atoms with Gasteiger partial charge in [0.25, 0.3) is 0 Å². The van der Waals surface area contributed by atoms with E-state index in [4.69, 9.17) is 4.98 Å². The average Bonchev–Trinajstić information content (AvgIpc) is 3.63. The Bertz CT molecular complexity index is 2610. The van der Waals surface area contributed by atoms with E-state index in [9.17, 15) is 0 Å². The van der Waals surface area contributed by atoms with E-state index in [1.165, 1.54) is 71.7 Å². The van der Waals surface area contributed by atoms with Gasteiger partial charge in [-0.1, -0.05) is 115 Å². The first-order valence-corrected chi connectivity index (χ1v) is 15.5. The van der Waals surface area contributed by atoms with Crippen molar-refractivity contribution in [3.8, 4) is 50.2 Å². The molecule has 0 amide bonds. The van der Waals surface area contributed by atoms with Gasteiger partial charge in [-0.2, -0.15) is 0 Å². The number of fused-ring (bicyclic) bond motifs is 8. The van der Waals surface area contributed by atoms with Crippen molar-refractivity contribution in [3.05, 3.63) is 158 Å². The average molecular weight is 571 g/mol. The maximum absolute atomic E-state index is 4.87. The lowest BCUT2D eigenvalue weighted by Crippen LogP contribution is -1.94. The smallest absolute Gasteiger partial charge is 0.0723 e. The monoisotopic (exact) mass is 570 g/mol. The summed E-state index contributed by atoms with van der Waals surface area (Å²) in [6, 6.07) is 55.1. The fourth-order valence-corrected chi connectivity index (χ4v) is 7.58. The summed E-state index contributed by atoms with van der Waals surface area (Å²) >= 11 is 0. The van der Waals surface area contributed by atoms with Gasteiger partial charge in [-0.3, -0.25) is 4.98 Å². The maximum atomic E-state index is 4.87. The molecule has 1 aliphatic carbocycles. The molecule has 0 spiro atoms. The summed E-state index contributed by atoms with van der Waals surface area (Å²) in [4.78, 5) is 4.87. The van der Waals surface area contributed by atoms with Crippen LogP contribution in [0.5, 0.6) is 0 Å². The van der Waals surface area contributed by atoms with Gasteiger partial charge < -0.3 is 4.57 Å². The first-order valence-electron chi connectivity index (χ1n) is 15.5. The van der Waals surface area contributed by atoms with Crippen molar-refractivity contribution in [3.63, 3.8) is 0 Å². The van der Waals surface area contributed by atoms with E-state index < -0.39 is 0 Å². The van der Waals surface area contributed by atoms with Gasteiger partial charge >= 0.3 is 0 Å². The molecule has 0 unspecified atom stereocenters. The van der Waals surface area contributed by atoms with Crippen molar-refractivity contribution >= 4 is 43.5 Å². The molecule has 7 aromatic carbocycles. The van der Waals surface area contributed by atoms with E-state index >= 15 is 0 Å². The number of pyridine rings is 1. The summed E-state index contributed by atoms with van der Waals surface area (Å²) in [5, 5.41) is 6.19. The van der Waals surface area contributed by atoms with Gasteiger partial charge in [-0.05, 0) is 91.7 Å². The number of rotatable bonds is 3. The molecule has 9 aromatic rings. The zero-order valence-electron chi connectivity index (χ0n) is 24.4. The molecular formula is C43H26N2. The maximum Gasteiger partial charge on any atom is 0.0723 e. The van der Waals surface area contributed by atoms with Crippen LogP contribution < -0.4 is 0 Å². The zero-order valence-corrected chi connectivity index (χ0v) is 24.4. The third-order valence-corrected chi connectivity index (χ3v) is 9.57. The van der Waals surface area contributed by atoms with Crippen molar-refractivity contribution in [2.45, 2.75) is 0 Å². The lowest BCUT2D eigenvalue weighted by molar-refractivity contribution is 1.18. The fourth-order valence-electron chi connectivity index (χ4n) is 7.58. The molecule has 0 aliphatic heterocycles. The summed E-state index contributed by atoms with van der Waals surface area (Å²) in [6.45, 7) is 0.